The molecule has 0 unspecified atom stereocenters. The Morgan fingerprint density at radius 1 is 1.07 bits per heavy atom. The number of thiazole rings is 1. The summed E-state index contributed by atoms with van der Waals surface area (Å²) in [5.74, 6) is 1.66. The summed E-state index contributed by atoms with van der Waals surface area (Å²) < 4.78 is 7.68. The van der Waals surface area contributed by atoms with Gasteiger partial charge in [-0.3, -0.25) is 4.79 Å². The summed E-state index contributed by atoms with van der Waals surface area (Å²) in [4.78, 5) is 17.8. The van der Waals surface area contributed by atoms with Gasteiger partial charge < -0.3 is 4.42 Å². The molecule has 0 aliphatic carbocycles. The Hall–Kier alpha value is -2.93. The quantitative estimate of drug-likeness (QED) is 0.374. The highest BCUT2D eigenvalue weighted by Crippen LogP contribution is 2.31. The van der Waals surface area contributed by atoms with Crippen LogP contribution in [0.1, 0.15) is 11.3 Å². The van der Waals surface area contributed by atoms with E-state index in [1.807, 2.05) is 31.2 Å². The van der Waals surface area contributed by atoms with Crippen LogP contribution in [0.2, 0.25) is 10.0 Å². The molecular formula is C22H13Cl2N3O2S. The molecule has 0 atom stereocenters. The second-order valence-electron chi connectivity index (χ2n) is 6.74. The van der Waals surface area contributed by atoms with Crippen molar-refractivity contribution in [2.75, 3.05) is 0 Å². The standard InChI is InChI=1S/C22H13Cl2N3O2S/c1-12-2-4-13(5-3-12)20-25-22-27(26-20)21(28)19(30-22)11-15-7-9-18(29-15)16-8-6-14(23)10-17(16)24/h2-11H,1H3/b19-11+. The van der Waals surface area contributed by atoms with Crippen molar-refractivity contribution in [2.45, 2.75) is 6.92 Å². The van der Waals surface area contributed by atoms with Gasteiger partial charge in [0.1, 0.15) is 16.1 Å². The van der Waals surface area contributed by atoms with E-state index in [9.17, 15) is 4.79 Å². The fourth-order valence-electron chi connectivity index (χ4n) is 3.05. The van der Waals surface area contributed by atoms with E-state index < -0.39 is 0 Å². The molecule has 0 saturated carbocycles. The van der Waals surface area contributed by atoms with Crippen LogP contribution in [0.5, 0.6) is 0 Å². The zero-order chi connectivity index (χ0) is 20.8. The van der Waals surface area contributed by atoms with Gasteiger partial charge in [0.15, 0.2) is 5.82 Å². The van der Waals surface area contributed by atoms with E-state index in [0.717, 1.165) is 16.7 Å². The molecule has 5 nitrogen and oxygen atoms in total. The van der Waals surface area contributed by atoms with Crippen molar-refractivity contribution < 1.29 is 4.42 Å². The predicted molar refractivity (Wildman–Crippen MR) is 120 cm³/mol. The number of nitrogens with zero attached hydrogens (tertiary/aromatic N) is 3. The molecule has 0 amide bonds. The molecule has 0 spiro atoms. The van der Waals surface area contributed by atoms with E-state index in [-0.39, 0.29) is 5.56 Å². The largest absolute Gasteiger partial charge is 0.457 e. The molecule has 3 aromatic heterocycles. The van der Waals surface area contributed by atoms with Gasteiger partial charge in [-0.1, -0.05) is 64.4 Å². The average molecular weight is 454 g/mol. The van der Waals surface area contributed by atoms with Gasteiger partial charge >= 0.3 is 0 Å². The van der Waals surface area contributed by atoms with E-state index in [0.29, 0.717) is 36.9 Å². The van der Waals surface area contributed by atoms with E-state index in [4.69, 9.17) is 27.6 Å². The second kappa shape index (κ2) is 7.40. The summed E-state index contributed by atoms with van der Waals surface area (Å²) in [6, 6.07) is 16.7. The van der Waals surface area contributed by atoms with Gasteiger partial charge in [0.05, 0.1) is 5.02 Å². The highest BCUT2D eigenvalue weighted by atomic mass is 35.5. The van der Waals surface area contributed by atoms with E-state index >= 15 is 0 Å². The van der Waals surface area contributed by atoms with Gasteiger partial charge in [0.2, 0.25) is 4.96 Å². The third-order valence-electron chi connectivity index (χ3n) is 4.59. The Labute approximate surface area is 184 Å². The molecule has 0 radical (unpaired) electrons. The van der Waals surface area contributed by atoms with Crippen LogP contribution >= 0.6 is 34.5 Å². The lowest BCUT2D eigenvalue weighted by molar-refractivity contribution is 0.571. The minimum Gasteiger partial charge on any atom is -0.457 e. The monoisotopic (exact) mass is 453 g/mol. The van der Waals surface area contributed by atoms with E-state index in [2.05, 4.69) is 10.1 Å². The molecule has 148 valence electrons. The SMILES string of the molecule is Cc1ccc(-c2nc3s/c(=C/c4ccc(-c5ccc(Cl)cc5Cl)o4)c(=O)n3n2)cc1. The number of halogens is 2. The van der Waals surface area contributed by atoms with Crippen LogP contribution in [0.3, 0.4) is 0 Å². The van der Waals surface area contributed by atoms with Gasteiger partial charge in [-0.05, 0) is 37.3 Å². The maximum Gasteiger partial charge on any atom is 0.291 e. The smallest absolute Gasteiger partial charge is 0.291 e. The maximum absolute atomic E-state index is 12.8. The first-order chi connectivity index (χ1) is 14.5. The summed E-state index contributed by atoms with van der Waals surface area (Å²) in [6.45, 7) is 2.02. The van der Waals surface area contributed by atoms with Crippen LogP contribution < -0.4 is 10.1 Å². The zero-order valence-corrected chi connectivity index (χ0v) is 17.9. The van der Waals surface area contributed by atoms with Crippen LogP contribution in [0.4, 0.5) is 0 Å². The number of aromatic nitrogens is 3. The topological polar surface area (TPSA) is 60.4 Å². The molecule has 0 aliphatic rings. The Balaban J connectivity index is 1.51. The van der Waals surface area contributed by atoms with Gasteiger partial charge in [0.25, 0.3) is 5.56 Å². The lowest BCUT2D eigenvalue weighted by Gasteiger charge is -2.00. The molecule has 5 rings (SSSR count). The second-order valence-corrected chi connectivity index (χ2v) is 8.59. The summed E-state index contributed by atoms with van der Waals surface area (Å²) in [7, 11) is 0. The number of aryl methyl sites for hydroxylation is 1. The molecule has 5 aromatic rings. The van der Waals surface area contributed by atoms with Crippen molar-refractivity contribution in [3.63, 3.8) is 0 Å². The fourth-order valence-corrected chi connectivity index (χ4v) is 4.44. The normalized spacial score (nSPS) is 12.2. The fraction of sp³-hybridized carbons (Fsp3) is 0.0455. The van der Waals surface area contributed by atoms with Crippen molar-refractivity contribution in [1.29, 1.82) is 0 Å². The minimum atomic E-state index is -0.233. The Morgan fingerprint density at radius 3 is 2.60 bits per heavy atom. The van der Waals surface area contributed by atoms with Crippen LogP contribution in [-0.2, 0) is 0 Å². The third kappa shape index (κ3) is 3.43. The van der Waals surface area contributed by atoms with Gasteiger partial charge in [0, 0.05) is 22.2 Å². The molecule has 0 bridgehead atoms. The van der Waals surface area contributed by atoms with E-state index in [1.54, 1.807) is 36.4 Å². The van der Waals surface area contributed by atoms with Crippen molar-refractivity contribution in [1.82, 2.24) is 14.6 Å². The van der Waals surface area contributed by atoms with Crippen molar-refractivity contribution >= 4 is 45.6 Å². The molecule has 2 aromatic carbocycles. The van der Waals surface area contributed by atoms with Crippen LogP contribution in [0, 0.1) is 6.92 Å². The summed E-state index contributed by atoms with van der Waals surface area (Å²) in [6.07, 6.45) is 1.68. The maximum atomic E-state index is 12.8. The molecule has 0 N–H and O–H groups in total. The molecule has 8 heteroatoms. The molecule has 3 heterocycles. The average Bonchev–Trinajstić information content (AvgIpc) is 3.41. The Bertz CT molecular complexity index is 1500. The lowest BCUT2D eigenvalue weighted by atomic mass is 10.1. The molecule has 0 saturated heterocycles. The summed E-state index contributed by atoms with van der Waals surface area (Å²) in [5.41, 5.74) is 2.52. The highest BCUT2D eigenvalue weighted by molar-refractivity contribution is 7.15. The van der Waals surface area contributed by atoms with Gasteiger partial charge in [-0.2, -0.15) is 9.50 Å². The molecule has 0 aliphatic heterocycles. The van der Waals surface area contributed by atoms with E-state index in [1.165, 1.54) is 15.9 Å². The Kier molecular flexibility index (Phi) is 4.70. The predicted octanol–water partition coefficient (Wildman–Crippen LogP) is 5.24. The first kappa shape index (κ1) is 19.1. The van der Waals surface area contributed by atoms with Crippen molar-refractivity contribution in [3.05, 3.63) is 90.9 Å². The summed E-state index contributed by atoms with van der Waals surface area (Å²) >= 11 is 13.5. The number of rotatable bonds is 3. The van der Waals surface area contributed by atoms with Crippen molar-refractivity contribution in [2.24, 2.45) is 0 Å². The van der Waals surface area contributed by atoms with Crippen molar-refractivity contribution in [3.8, 4) is 22.7 Å². The van der Waals surface area contributed by atoms with Gasteiger partial charge in [-0.25, -0.2) is 0 Å². The molecule has 0 fully saturated rings. The van der Waals surface area contributed by atoms with Crippen LogP contribution in [0.25, 0.3) is 33.7 Å². The van der Waals surface area contributed by atoms with Crippen LogP contribution in [0.15, 0.2) is 63.8 Å². The number of benzene rings is 2. The summed E-state index contributed by atoms with van der Waals surface area (Å²) in [5, 5.41) is 5.42. The first-order valence-electron chi connectivity index (χ1n) is 9.01. The highest BCUT2D eigenvalue weighted by Gasteiger charge is 2.13. The number of hydrogen-bond donors (Lipinski definition) is 0. The first-order valence-corrected chi connectivity index (χ1v) is 10.6. The van der Waals surface area contributed by atoms with Crippen LogP contribution in [-0.4, -0.2) is 14.6 Å². The number of hydrogen-bond acceptors (Lipinski definition) is 5. The third-order valence-corrected chi connectivity index (χ3v) is 6.10. The minimum absolute atomic E-state index is 0.233. The molecular weight excluding hydrogens is 441 g/mol. The number of fused-ring (bicyclic) bond motifs is 1. The molecule has 30 heavy (non-hydrogen) atoms. The zero-order valence-electron chi connectivity index (χ0n) is 15.6. The van der Waals surface area contributed by atoms with Gasteiger partial charge in [-0.15, -0.1) is 5.10 Å². The Morgan fingerprint density at radius 2 is 1.87 bits per heavy atom. The lowest BCUT2D eigenvalue weighted by Crippen LogP contribution is -2.23. The number of furan rings is 1.